The minimum absolute atomic E-state index is 0.0616. The summed E-state index contributed by atoms with van der Waals surface area (Å²) in [6.07, 6.45) is 2.41. The molecule has 0 aliphatic carbocycles. The molecule has 8 heteroatoms. The van der Waals surface area contributed by atoms with Gasteiger partial charge < -0.3 is 9.69 Å². The Morgan fingerprint density at radius 1 is 1.30 bits per heavy atom. The zero-order chi connectivity index (χ0) is 16.2. The van der Waals surface area contributed by atoms with Crippen molar-refractivity contribution in [3.63, 3.8) is 0 Å². The third-order valence-electron chi connectivity index (χ3n) is 4.08. The zero-order valence-electron chi connectivity index (χ0n) is 12.5. The second kappa shape index (κ2) is 7.27. The van der Waals surface area contributed by atoms with Crippen LogP contribution in [-0.4, -0.2) is 43.3 Å². The lowest BCUT2D eigenvalue weighted by atomic mass is 9.98. The van der Waals surface area contributed by atoms with Crippen LogP contribution in [0.25, 0.3) is 0 Å². The lowest BCUT2D eigenvalue weighted by Crippen LogP contribution is -2.41. The Morgan fingerprint density at radius 2 is 2.09 bits per heavy atom. The van der Waals surface area contributed by atoms with E-state index in [4.69, 9.17) is 21.4 Å². The molecule has 2 aliphatic heterocycles. The predicted molar refractivity (Wildman–Crippen MR) is 83.7 cm³/mol. The first-order chi connectivity index (χ1) is 11.2. The summed E-state index contributed by atoms with van der Waals surface area (Å²) >= 11 is 6.20. The first-order valence-electron chi connectivity index (χ1n) is 7.54. The van der Waals surface area contributed by atoms with Crippen molar-refractivity contribution in [1.82, 2.24) is 10.5 Å². The van der Waals surface area contributed by atoms with Gasteiger partial charge >= 0.3 is 0 Å². The summed E-state index contributed by atoms with van der Waals surface area (Å²) in [5.41, 5.74) is 3.48. The predicted octanol–water partition coefficient (Wildman–Crippen LogP) is 1.58. The van der Waals surface area contributed by atoms with Crippen LogP contribution in [0, 0.1) is 5.92 Å². The van der Waals surface area contributed by atoms with Crippen LogP contribution in [0.1, 0.15) is 23.2 Å². The minimum atomic E-state index is -0.0616. The minimum Gasteiger partial charge on any atom is -0.339 e. The van der Waals surface area contributed by atoms with Crippen LogP contribution in [0.15, 0.2) is 18.2 Å². The van der Waals surface area contributed by atoms with Crippen LogP contribution in [-0.2, 0) is 14.6 Å². The third kappa shape index (κ3) is 3.64. The molecule has 3 rings (SSSR count). The summed E-state index contributed by atoms with van der Waals surface area (Å²) in [6.45, 7) is 2.12. The van der Waals surface area contributed by atoms with Crippen LogP contribution in [0.2, 0.25) is 5.02 Å². The Labute approximate surface area is 138 Å². The Morgan fingerprint density at radius 3 is 2.74 bits per heavy atom. The molecule has 2 heterocycles. The number of halogens is 1. The fourth-order valence-corrected chi connectivity index (χ4v) is 2.93. The molecule has 0 saturated carbocycles. The average molecular weight is 340 g/mol. The first kappa shape index (κ1) is 16.2. The molecule has 0 spiro atoms. The number of hydrogen-bond donors (Lipinski definition) is 1. The van der Waals surface area contributed by atoms with Gasteiger partial charge in [-0.25, -0.2) is 5.06 Å². The van der Waals surface area contributed by atoms with Crippen molar-refractivity contribution in [3.8, 4) is 0 Å². The highest BCUT2D eigenvalue weighted by atomic mass is 35.5. The number of nitrogens with one attached hydrogen (secondary N) is 1. The summed E-state index contributed by atoms with van der Waals surface area (Å²) in [6, 6.07) is 5.10. The highest BCUT2D eigenvalue weighted by molar-refractivity contribution is 6.33. The molecule has 0 aromatic heterocycles. The van der Waals surface area contributed by atoms with Crippen LogP contribution >= 0.6 is 11.6 Å². The van der Waals surface area contributed by atoms with Gasteiger partial charge in [-0.15, -0.1) is 0 Å². The van der Waals surface area contributed by atoms with Crippen molar-refractivity contribution in [3.05, 3.63) is 28.8 Å². The molecule has 1 aromatic carbocycles. The molecule has 2 saturated heterocycles. The maximum absolute atomic E-state index is 12.6. The largest absolute Gasteiger partial charge is 0.339 e. The van der Waals surface area contributed by atoms with Gasteiger partial charge in [0.15, 0.2) is 0 Å². The van der Waals surface area contributed by atoms with Crippen molar-refractivity contribution in [2.75, 3.05) is 31.3 Å². The van der Waals surface area contributed by atoms with Crippen LogP contribution in [0.5, 0.6) is 0 Å². The molecule has 1 aromatic rings. The van der Waals surface area contributed by atoms with E-state index in [9.17, 15) is 9.59 Å². The smallest absolute Gasteiger partial charge is 0.253 e. The van der Waals surface area contributed by atoms with Gasteiger partial charge in [-0.3, -0.25) is 9.63 Å². The van der Waals surface area contributed by atoms with Gasteiger partial charge in [0.1, 0.15) is 6.29 Å². The van der Waals surface area contributed by atoms with Gasteiger partial charge in [-0.05, 0) is 31.0 Å². The molecule has 2 aliphatic rings. The summed E-state index contributed by atoms with van der Waals surface area (Å²) in [5, 5.41) is 2.03. The number of rotatable bonds is 3. The second-order valence-electron chi connectivity index (χ2n) is 5.56. The molecule has 0 radical (unpaired) electrons. The SMILES string of the molecule is O=CC1CCN(C(=O)c2ccc(Cl)c(N3CCONO3)c2)CC1. The van der Waals surface area contributed by atoms with E-state index in [0.29, 0.717) is 55.4 Å². The summed E-state index contributed by atoms with van der Waals surface area (Å²) in [4.78, 5) is 35.3. The van der Waals surface area contributed by atoms with Crippen molar-refractivity contribution < 1.29 is 19.4 Å². The van der Waals surface area contributed by atoms with E-state index in [1.807, 2.05) is 0 Å². The molecule has 1 N–H and O–H groups in total. The van der Waals surface area contributed by atoms with E-state index in [1.165, 1.54) is 0 Å². The van der Waals surface area contributed by atoms with E-state index in [0.717, 1.165) is 6.29 Å². The number of aldehydes is 1. The molecule has 1 amide bonds. The van der Waals surface area contributed by atoms with Crippen LogP contribution in [0.4, 0.5) is 5.69 Å². The van der Waals surface area contributed by atoms with Crippen LogP contribution in [0.3, 0.4) is 0 Å². The Bertz CT molecular complexity index is 584. The van der Waals surface area contributed by atoms with E-state index < -0.39 is 0 Å². The molecule has 7 nitrogen and oxygen atoms in total. The first-order valence-corrected chi connectivity index (χ1v) is 7.92. The number of anilines is 1. The zero-order valence-corrected chi connectivity index (χ0v) is 13.3. The van der Waals surface area contributed by atoms with E-state index in [-0.39, 0.29) is 11.8 Å². The number of nitrogens with zero attached hydrogens (tertiary/aromatic N) is 2. The number of carbonyl (C=O) groups excluding carboxylic acids is 2. The monoisotopic (exact) mass is 339 g/mol. The number of hydrogen-bond acceptors (Lipinski definition) is 6. The molecule has 0 atom stereocenters. The van der Waals surface area contributed by atoms with Crippen LogP contribution < -0.4 is 10.7 Å². The molecular weight excluding hydrogens is 322 g/mol. The fourth-order valence-electron chi connectivity index (χ4n) is 2.71. The number of benzene rings is 1. The van der Waals surface area contributed by atoms with E-state index in [1.54, 1.807) is 28.2 Å². The van der Waals surface area contributed by atoms with E-state index in [2.05, 4.69) is 5.64 Å². The van der Waals surface area contributed by atoms with Gasteiger partial charge in [-0.1, -0.05) is 17.2 Å². The van der Waals surface area contributed by atoms with Crippen molar-refractivity contribution in [1.29, 1.82) is 0 Å². The third-order valence-corrected chi connectivity index (χ3v) is 4.40. The maximum atomic E-state index is 12.6. The van der Waals surface area contributed by atoms with Crippen molar-refractivity contribution in [2.24, 2.45) is 5.92 Å². The highest BCUT2D eigenvalue weighted by Gasteiger charge is 2.24. The lowest BCUT2D eigenvalue weighted by Gasteiger charge is -2.31. The summed E-state index contributed by atoms with van der Waals surface area (Å²) in [7, 11) is 0. The van der Waals surface area contributed by atoms with Gasteiger partial charge in [-0.2, -0.15) is 4.94 Å². The Kier molecular flexibility index (Phi) is 5.12. The average Bonchev–Trinajstić information content (AvgIpc) is 2.62. The van der Waals surface area contributed by atoms with Gasteiger partial charge in [0, 0.05) is 24.6 Å². The van der Waals surface area contributed by atoms with Gasteiger partial charge in [0.05, 0.1) is 23.9 Å². The summed E-state index contributed by atoms with van der Waals surface area (Å²) in [5.74, 6) is 0.00105. The number of likely N-dealkylation sites (tertiary alicyclic amines) is 1. The number of carbonyl (C=O) groups is 2. The second-order valence-corrected chi connectivity index (χ2v) is 5.96. The molecule has 0 bridgehead atoms. The topological polar surface area (TPSA) is 71.1 Å². The lowest BCUT2D eigenvalue weighted by molar-refractivity contribution is -0.210. The molecule has 0 unspecified atom stereocenters. The maximum Gasteiger partial charge on any atom is 0.253 e. The van der Waals surface area contributed by atoms with Crippen molar-refractivity contribution >= 4 is 29.5 Å². The standard InChI is InChI=1S/C15H18ClN3O4/c16-13-2-1-12(9-14(13)19-7-8-22-17-23-19)15(21)18-5-3-11(10-20)4-6-18/h1-2,9-11,17H,3-8H2. The molecule has 124 valence electrons. The number of piperidine rings is 1. The number of hydroxylamine groups is 1. The fraction of sp³-hybridized carbons (Fsp3) is 0.467. The molecule has 2 fully saturated rings. The Balaban J connectivity index is 1.74. The number of amides is 1. The summed E-state index contributed by atoms with van der Waals surface area (Å²) < 4.78 is 0. The Hall–Kier alpha value is -1.67. The molecule has 23 heavy (non-hydrogen) atoms. The van der Waals surface area contributed by atoms with Crippen molar-refractivity contribution in [2.45, 2.75) is 12.8 Å². The van der Waals surface area contributed by atoms with E-state index >= 15 is 0 Å². The quantitative estimate of drug-likeness (QED) is 0.843. The van der Waals surface area contributed by atoms with Gasteiger partial charge in [0.2, 0.25) is 0 Å². The normalized spacial score (nSPS) is 19.7. The molecular formula is C15H18ClN3O4. The highest BCUT2D eigenvalue weighted by Crippen LogP contribution is 2.28. The van der Waals surface area contributed by atoms with Gasteiger partial charge in [0.25, 0.3) is 5.91 Å².